The fourth-order valence-electron chi connectivity index (χ4n) is 2.77. The fraction of sp³-hybridized carbons (Fsp3) is 0.368. The molecule has 7 heteroatoms. The lowest BCUT2D eigenvalue weighted by Crippen LogP contribution is -2.53. The van der Waals surface area contributed by atoms with Crippen LogP contribution in [-0.2, 0) is 11.3 Å². The van der Waals surface area contributed by atoms with Crippen LogP contribution in [0.15, 0.2) is 46.9 Å². The first-order valence-corrected chi connectivity index (χ1v) is 8.65. The van der Waals surface area contributed by atoms with Crippen molar-refractivity contribution in [3.05, 3.63) is 54.0 Å². The molecule has 7 nitrogen and oxygen atoms in total. The molecule has 1 aromatic carbocycles. The molecule has 1 N–H and O–H groups in total. The van der Waals surface area contributed by atoms with E-state index in [2.05, 4.69) is 5.32 Å². The van der Waals surface area contributed by atoms with Gasteiger partial charge in [0.1, 0.15) is 17.3 Å². The number of rotatable bonds is 5. The number of hydrogen-bond donors (Lipinski definition) is 1. The average Bonchev–Trinajstić information content (AvgIpc) is 3.10. The highest BCUT2D eigenvalue weighted by molar-refractivity contribution is 5.79. The highest BCUT2D eigenvalue weighted by Gasteiger charge is 2.24. The lowest BCUT2D eigenvalue weighted by molar-refractivity contribution is -0.134. The second kappa shape index (κ2) is 8.42. The Morgan fingerprint density at radius 2 is 1.73 bits per heavy atom. The van der Waals surface area contributed by atoms with Gasteiger partial charge < -0.3 is 24.3 Å². The van der Waals surface area contributed by atoms with Gasteiger partial charge in [0.05, 0.1) is 6.54 Å². The molecule has 3 amide bonds. The van der Waals surface area contributed by atoms with Crippen molar-refractivity contribution < 1.29 is 18.7 Å². The van der Waals surface area contributed by atoms with E-state index in [4.69, 9.17) is 9.15 Å². The first kappa shape index (κ1) is 17.8. The van der Waals surface area contributed by atoms with E-state index in [0.29, 0.717) is 38.5 Å². The van der Waals surface area contributed by atoms with Crippen molar-refractivity contribution in [3.8, 4) is 5.75 Å². The maximum atomic E-state index is 12.2. The van der Waals surface area contributed by atoms with E-state index in [9.17, 15) is 9.59 Å². The predicted molar refractivity (Wildman–Crippen MR) is 95.8 cm³/mol. The molecule has 1 aliphatic rings. The Bertz CT molecular complexity index is 736. The maximum Gasteiger partial charge on any atom is 0.317 e. The molecule has 1 aliphatic heterocycles. The van der Waals surface area contributed by atoms with Gasteiger partial charge in [-0.3, -0.25) is 4.79 Å². The fourth-order valence-corrected chi connectivity index (χ4v) is 2.77. The predicted octanol–water partition coefficient (Wildman–Crippen LogP) is 2.02. The average molecular weight is 357 g/mol. The highest BCUT2D eigenvalue weighted by Crippen LogP contribution is 2.10. The lowest BCUT2D eigenvalue weighted by Gasteiger charge is -2.34. The van der Waals surface area contributed by atoms with Gasteiger partial charge in [-0.25, -0.2) is 4.79 Å². The topological polar surface area (TPSA) is 75.0 Å². The first-order chi connectivity index (χ1) is 12.6. The van der Waals surface area contributed by atoms with Gasteiger partial charge in [-0.05, 0) is 31.2 Å². The van der Waals surface area contributed by atoms with Gasteiger partial charge in [0.15, 0.2) is 6.61 Å². The van der Waals surface area contributed by atoms with Gasteiger partial charge in [0.2, 0.25) is 0 Å². The number of carbonyl (C=O) groups excluding carboxylic acids is 2. The molecular weight excluding hydrogens is 334 g/mol. The van der Waals surface area contributed by atoms with E-state index in [1.165, 1.54) is 0 Å². The summed E-state index contributed by atoms with van der Waals surface area (Å²) in [5, 5.41) is 2.84. The van der Waals surface area contributed by atoms with Crippen molar-refractivity contribution in [2.24, 2.45) is 0 Å². The monoisotopic (exact) mass is 357 g/mol. The number of furan rings is 1. The van der Waals surface area contributed by atoms with Crippen LogP contribution >= 0.6 is 0 Å². The number of benzene rings is 1. The van der Waals surface area contributed by atoms with Crippen LogP contribution in [0.5, 0.6) is 5.75 Å². The molecule has 0 bridgehead atoms. The van der Waals surface area contributed by atoms with Gasteiger partial charge >= 0.3 is 6.03 Å². The molecule has 2 aromatic rings. The molecule has 0 unspecified atom stereocenters. The molecule has 1 fully saturated rings. The molecule has 138 valence electrons. The molecule has 0 saturated carbocycles. The summed E-state index contributed by atoms with van der Waals surface area (Å²) in [5.74, 6) is 2.15. The number of piperazine rings is 1. The zero-order chi connectivity index (χ0) is 18.4. The maximum absolute atomic E-state index is 12.2. The Morgan fingerprint density at radius 3 is 2.38 bits per heavy atom. The Hall–Kier alpha value is -2.96. The van der Waals surface area contributed by atoms with E-state index >= 15 is 0 Å². The van der Waals surface area contributed by atoms with E-state index in [1.54, 1.807) is 9.80 Å². The summed E-state index contributed by atoms with van der Waals surface area (Å²) in [4.78, 5) is 27.9. The largest absolute Gasteiger partial charge is 0.484 e. The smallest absolute Gasteiger partial charge is 0.317 e. The number of hydrogen-bond acceptors (Lipinski definition) is 4. The molecule has 1 aromatic heterocycles. The summed E-state index contributed by atoms with van der Waals surface area (Å²) in [5.41, 5.74) is 0. The van der Waals surface area contributed by atoms with Crippen LogP contribution in [0.1, 0.15) is 11.5 Å². The van der Waals surface area contributed by atoms with Crippen molar-refractivity contribution in [2.45, 2.75) is 13.5 Å². The van der Waals surface area contributed by atoms with Crippen molar-refractivity contribution >= 4 is 11.9 Å². The third-order valence-corrected chi connectivity index (χ3v) is 4.23. The molecular formula is C19H23N3O4. The Morgan fingerprint density at radius 1 is 1.04 bits per heavy atom. The van der Waals surface area contributed by atoms with Gasteiger partial charge in [-0.1, -0.05) is 18.2 Å². The van der Waals surface area contributed by atoms with E-state index in [-0.39, 0.29) is 18.5 Å². The Kier molecular flexibility index (Phi) is 5.78. The number of para-hydroxylation sites is 1. The summed E-state index contributed by atoms with van der Waals surface area (Å²) in [7, 11) is 0. The van der Waals surface area contributed by atoms with E-state index < -0.39 is 0 Å². The minimum Gasteiger partial charge on any atom is -0.484 e. The van der Waals surface area contributed by atoms with Gasteiger partial charge in [-0.15, -0.1) is 0 Å². The molecule has 0 aliphatic carbocycles. The summed E-state index contributed by atoms with van der Waals surface area (Å²) in [6, 6.07) is 12.8. The highest BCUT2D eigenvalue weighted by atomic mass is 16.5. The molecule has 26 heavy (non-hydrogen) atoms. The first-order valence-electron chi connectivity index (χ1n) is 8.65. The minimum absolute atomic E-state index is 0.00799. The van der Waals surface area contributed by atoms with Gasteiger partial charge in [0.25, 0.3) is 5.91 Å². The summed E-state index contributed by atoms with van der Waals surface area (Å²) in [6.45, 7) is 4.24. The zero-order valence-electron chi connectivity index (χ0n) is 14.8. The number of ether oxygens (including phenoxy) is 1. The quantitative estimate of drug-likeness (QED) is 0.888. The standard InChI is InChI=1S/C19H23N3O4/c1-15-7-8-17(26-15)13-20-19(24)22-11-9-21(10-12-22)18(23)14-25-16-5-3-2-4-6-16/h2-8H,9-14H2,1H3,(H,20,24). The normalized spacial score (nSPS) is 14.2. The van der Waals surface area contributed by atoms with E-state index in [1.807, 2.05) is 49.4 Å². The summed E-state index contributed by atoms with van der Waals surface area (Å²) >= 11 is 0. The summed E-state index contributed by atoms with van der Waals surface area (Å²) < 4.78 is 10.9. The molecule has 3 rings (SSSR count). The van der Waals surface area contributed by atoms with Crippen molar-refractivity contribution in [1.29, 1.82) is 0 Å². The van der Waals surface area contributed by atoms with Gasteiger partial charge in [0, 0.05) is 26.2 Å². The number of aryl methyl sites for hydroxylation is 1. The van der Waals surface area contributed by atoms with Crippen LogP contribution in [-0.4, -0.2) is 54.5 Å². The second-order valence-corrected chi connectivity index (χ2v) is 6.14. The second-order valence-electron chi connectivity index (χ2n) is 6.14. The van der Waals surface area contributed by atoms with Crippen LogP contribution in [0.2, 0.25) is 0 Å². The number of nitrogens with zero attached hydrogens (tertiary/aromatic N) is 2. The Labute approximate surface area is 152 Å². The minimum atomic E-state index is -0.147. The van der Waals surface area contributed by atoms with E-state index in [0.717, 1.165) is 11.5 Å². The van der Waals surface area contributed by atoms with Crippen LogP contribution in [0.3, 0.4) is 0 Å². The van der Waals surface area contributed by atoms with Crippen molar-refractivity contribution in [1.82, 2.24) is 15.1 Å². The molecule has 0 atom stereocenters. The molecule has 0 radical (unpaired) electrons. The van der Waals surface area contributed by atoms with Crippen LogP contribution < -0.4 is 10.1 Å². The SMILES string of the molecule is Cc1ccc(CNC(=O)N2CCN(C(=O)COc3ccccc3)CC2)o1. The van der Waals surface area contributed by atoms with Crippen LogP contribution in [0.4, 0.5) is 4.79 Å². The number of urea groups is 1. The van der Waals surface area contributed by atoms with Crippen LogP contribution in [0.25, 0.3) is 0 Å². The number of amides is 3. The number of carbonyl (C=O) groups is 2. The van der Waals surface area contributed by atoms with Gasteiger partial charge in [-0.2, -0.15) is 0 Å². The Balaban J connectivity index is 1.39. The number of nitrogens with one attached hydrogen (secondary N) is 1. The van der Waals surface area contributed by atoms with Crippen LogP contribution in [0, 0.1) is 6.92 Å². The molecule has 2 heterocycles. The molecule has 1 saturated heterocycles. The zero-order valence-corrected chi connectivity index (χ0v) is 14.8. The lowest BCUT2D eigenvalue weighted by atomic mass is 10.3. The third kappa shape index (κ3) is 4.78. The van der Waals surface area contributed by atoms with Crippen molar-refractivity contribution in [2.75, 3.05) is 32.8 Å². The summed E-state index contributed by atoms with van der Waals surface area (Å²) in [6.07, 6.45) is 0. The molecule has 0 spiro atoms. The third-order valence-electron chi connectivity index (χ3n) is 4.23. The van der Waals surface area contributed by atoms with Crippen molar-refractivity contribution in [3.63, 3.8) is 0 Å².